The zero-order valence-electron chi connectivity index (χ0n) is 7.76. The van der Waals surface area contributed by atoms with E-state index in [2.05, 4.69) is 13.8 Å². The number of carbonyl (C=O) groups is 1. The topological polar surface area (TPSA) is 17.1 Å². The second-order valence-corrected chi connectivity index (χ2v) is 4.23. The minimum Gasteiger partial charge on any atom is -0.294 e. The average molecular weight is 182 g/mol. The molecule has 0 aliphatic heterocycles. The lowest BCUT2D eigenvalue weighted by Crippen LogP contribution is -2.03. The van der Waals surface area contributed by atoms with Crippen LogP contribution in [0, 0.1) is 12.8 Å². The summed E-state index contributed by atoms with van der Waals surface area (Å²) in [5.41, 5.74) is 2.03. The van der Waals surface area contributed by atoms with Crippen LogP contribution in [0.4, 0.5) is 0 Å². The summed E-state index contributed by atoms with van der Waals surface area (Å²) in [6.07, 6.45) is 0.664. The Morgan fingerprint density at radius 1 is 1.50 bits per heavy atom. The number of carbonyl (C=O) groups excluding carboxylic acids is 1. The van der Waals surface area contributed by atoms with Crippen molar-refractivity contribution in [2.24, 2.45) is 5.92 Å². The fourth-order valence-electron chi connectivity index (χ4n) is 1.13. The van der Waals surface area contributed by atoms with Gasteiger partial charge in [-0.1, -0.05) is 13.8 Å². The van der Waals surface area contributed by atoms with Gasteiger partial charge >= 0.3 is 0 Å². The first kappa shape index (κ1) is 9.46. The van der Waals surface area contributed by atoms with Crippen molar-refractivity contribution < 1.29 is 4.79 Å². The van der Waals surface area contributed by atoms with E-state index < -0.39 is 0 Å². The van der Waals surface area contributed by atoms with Gasteiger partial charge in [-0.15, -0.1) is 0 Å². The van der Waals surface area contributed by atoms with E-state index in [0.717, 1.165) is 11.1 Å². The molecule has 0 aromatic carbocycles. The maximum atomic E-state index is 11.5. The molecule has 0 spiro atoms. The summed E-state index contributed by atoms with van der Waals surface area (Å²) >= 11 is 1.60. The van der Waals surface area contributed by atoms with Gasteiger partial charge in [-0.25, -0.2) is 0 Å². The molecule has 1 nitrogen and oxygen atoms in total. The third-order valence-electron chi connectivity index (χ3n) is 1.75. The molecule has 2 heteroatoms. The first-order chi connectivity index (χ1) is 5.61. The van der Waals surface area contributed by atoms with Crippen molar-refractivity contribution in [1.29, 1.82) is 0 Å². The van der Waals surface area contributed by atoms with Crippen molar-refractivity contribution in [2.75, 3.05) is 0 Å². The van der Waals surface area contributed by atoms with Crippen LogP contribution in [-0.2, 0) is 0 Å². The molecule has 1 rings (SSSR count). The lowest BCUT2D eigenvalue weighted by atomic mass is 10.0. The lowest BCUT2D eigenvalue weighted by Gasteiger charge is -2.02. The van der Waals surface area contributed by atoms with Gasteiger partial charge < -0.3 is 0 Å². The van der Waals surface area contributed by atoms with E-state index in [4.69, 9.17) is 0 Å². The van der Waals surface area contributed by atoms with E-state index in [1.165, 1.54) is 0 Å². The Morgan fingerprint density at radius 2 is 2.17 bits per heavy atom. The summed E-state index contributed by atoms with van der Waals surface area (Å²) in [5.74, 6) is 0.737. The largest absolute Gasteiger partial charge is 0.294 e. The predicted octanol–water partition coefficient (Wildman–Crippen LogP) is 3.29. The Balaban J connectivity index is 2.72. The van der Waals surface area contributed by atoms with Crippen molar-refractivity contribution in [3.05, 3.63) is 21.9 Å². The number of Topliss-reactive ketones (excluding diaryl/α,β-unsaturated/α-hetero) is 1. The van der Waals surface area contributed by atoms with Gasteiger partial charge in [0.25, 0.3) is 0 Å². The molecule has 0 bridgehead atoms. The van der Waals surface area contributed by atoms with Gasteiger partial charge in [0.1, 0.15) is 0 Å². The Morgan fingerprint density at radius 3 is 2.58 bits per heavy atom. The Bertz CT molecular complexity index is 273. The van der Waals surface area contributed by atoms with E-state index in [1.807, 2.05) is 17.7 Å². The van der Waals surface area contributed by atoms with Crippen LogP contribution in [0.25, 0.3) is 0 Å². The summed E-state index contributed by atoms with van der Waals surface area (Å²) in [4.78, 5) is 11.5. The lowest BCUT2D eigenvalue weighted by molar-refractivity contribution is 0.0968. The normalized spacial score (nSPS) is 10.7. The van der Waals surface area contributed by atoms with E-state index >= 15 is 0 Å². The highest BCUT2D eigenvalue weighted by molar-refractivity contribution is 7.08. The molecular weight excluding hydrogens is 168 g/mol. The van der Waals surface area contributed by atoms with Gasteiger partial charge in [0.2, 0.25) is 0 Å². The van der Waals surface area contributed by atoms with Crippen molar-refractivity contribution in [1.82, 2.24) is 0 Å². The maximum absolute atomic E-state index is 11.5. The van der Waals surface area contributed by atoms with Crippen LogP contribution >= 0.6 is 11.3 Å². The second-order valence-electron chi connectivity index (χ2n) is 3.49. The van der Waals surface area contributed by atoms with Crippen LogP contribution in [0.15, 0.2) is 10.8 Å². The van der Waals surface area contributed by atoms with Gasteiger partial charge in [0.15, 0.2) is 5.78 Å². The molecule has 0 saturated heterocycles. The summed E-state index contributed by atoms with van der Waals surface area (Å²) < 4.78 is 0. The zero-order chi connectivity index (χ0) is 9.14. The van der Waals surface area contributed by atoms with Crippen LogP contribution in [0.1, 0.15) is 36.2 Å². The Labute approximate surface area is 77.4 Å². The van der Waals surface area contributed by atoms with Crippen molar-refractivity contribution in [3.8, 4) is 0 Å². The van der Waals surface area contributed by atoms with Crippen LogP contribution in [0.2, 0.25) is 0 Å². The molecule has 0 aliphatic rings. The van der Waals surface area contributed by atoms with Crippen molar-refractivity contribution in [3.63, 3.8) is 0 Å². The molecule has 0 fully saturated rings. The third kappa shape index (κ3) is 2.18. The van der Waals surface area contributed by atoms with Gasteiger partial charge in [-0.3, -0.25) is 4.79 Å². The number of hydrogen-bond acceptors (Lipinski definition) is 2. The predicted molar refractivity (Wildman–Crippen MR) is 52.8 cm³/mol. The smallest absolute Gasteiger partial charge is 0.164 e. The minimum atomic E-state index is 0.281. The number of rotatable bonds is 3. The quantitative estimate of drug-likeness (QED) is 0.656. The summed E-state index contributed by atoms with van der Waals surface area (Å²) in [6, 6.07) is 0. The van der Waals surface area contributed by atoms with Crippen molar-refractivity contribution in [2.45, 2.75) is 27.2 Å². The van der Waals surface area contributed by atoms with Crippen LogP contribution in [0.3, 0.4) is 0 Å². The van der Waals surface area contributed by atoms with E-state index in [0.29, 0.717) is 12.3 Å². The second kappa shape index (κ2) is 3.85. The van der Waals surface area contributed by atoms with Crippen LogP contribution in [-0.4, -0.2) is 5.78 Å². The highest BCUT2D eigenvalue weighted by Crippen LogP contribution is 2.17. The molecule has 0 saturated carbocycles. The first-order valence-corrected chi connectivity index (χ1v) is 5.11. The molecule has 0 N–H and O–H groups in total. The molecule has 66 valence electrons. The highest BCUT2D eigenvalue weighted by atomic mass is 32.1. The molecule has 1 heterocycles. The summed E-state index contributed by atoms with van der Waals surface area (Å²) in [7, 11) is 0. The summed E-state index contributed by atoms with van der Waals surface area (Å²) in [5, 5.41) is 3.97. The van der Waals surface area contributed by atoms with Gasteiger partial charge in [0, 0.05) is 17.4 Å². The average Bonchev–Trinajstić information content (AvgIpc) is 2.33. The minimum absolute atomic E-state index is 0.281. The zero-order valence-corrected chi connectivity index (χ0v) is 8.57. The van der Waals surface area contributed by atoms with Gasteiger partial charge in [-0.2, -0.15) is 11.3 Å². The molecule has 1 aromatic heterocycles. The molecule has 0 unspecified atom stereocenters. The highest BCUT2D eigenvalue weighted by Gasteiger charge is 2.10. The monoisotopic (exact) mass is 182 g/mol. The summed E-state index contributed by atoms with van der Waals surface area (Å²) in [6.45, 7) is 6.13. The SMILES string of the molecule is Cc1cscc1C(=O)CC(C)C. The van der Waals surface area contributed by atoms with Crippen LogP contribution < -0.4 is 0 Å². The molecule has 0 atom stereocenters. The number of aryl methyl sites for hydroxylation is 1. The fraction of sp³-hybridized carbons (Fsp3) is 0.500. The van der Waals surface area contributed by atoms with E-state index in [1.54, 1.807) is 11.3 Å². The number of ketones is 1. The van der Waals surface area contributed by atoms with Crippen LogP contribution in [0.5, 0.6) is 0 Å². The van der Waals surface area contributed by atoms with Gasteiger partial charge in [0.05, 0.1) is 0 Å². The number of thiophene rings is 1. The standard InChI is InChI=1S/C10H14OS/c1-7(2)4-10(11)9-6-12-5-8(9)3/h5-7H,4H2,1-3H3. The Kier molecular flexibility index (Phi) is 3.04. The fourth-order valence-corrected chi connectivity index (χ4v) is 1.98. The van der Waals surface area contributed by atoms with E-state index in [-0.39, 0.29) is 5.78 Å². The van der Waals surface area contributed by atoms with Gasteiger partial charge in [-0.05, 0) is 23.8 Å². The van der Waals surface area contributed by atoms with E-state index in [9.17, 15) is 4.79 Å². The maximum Gasteiger partial charge on any atom is 0.164 e. The molecule has 12 heavy (non-hydrogen) atoms. The molecule has 1 aromatic rings. The number of hydrogen-bond donors (Lipinski definition) is 0. The van der Waals surface area contributed by atoms with Crippen molar-refractivity contribution >= 4 is 17.1 Å². The molecule has 0 amide bonds. The molecule has 0 aliphatic carbocycles. The molecular formula is C10H14OS. The first-order valence-electron chi connectivity index (χ1n) is 4.17. The molecule has 0 radical (unpaired) electrons. The Hall–Kier alpha value is -0.630. The third-order valence-corrected chi connectivity index (χ3v) is 2.61.